The highest BCUT2D eigenvalue weighted by Gasteiger charge is 2.46. The molecule has 0 aromatic rings. The Morgan fingerprint density at radius 2 is 1.69 bits per heavy atom. The van der Waals surface area contributed by atoms with Crippen LogP contribution in [-0.4, -0.2) is 117 Å². The van der Waals surface area contributed by atoms with Crippen molar-refractivity contribution in [2.75, 3.05) is 32.7 Å². The van der Waals surface area contributed by atoms with Gasteiger partial charge in [0.15, 0.2) is 6.29 Å². The van der Waals surface area contributed by atoms with Gasteiger partial charge in [0.2, 0.25) is 0 Å². The number of aliphatic hydroxyl groups excluding tert-OH is 7. The minimum Gasteiger partial charge on any atom is -0.396 e. The van der Waals surface area contributed by atoms with Gasteiger partial charge in [0, 0.05) is 13.7 Å². The summed E-state index contributed by atoms with van der Waals surface area (Å²) >= 11 is 4.08. The smallest absolute Gasteiger partial charge is 0.187 e. The minimum atomic E-state index is -1.66. The average Bonchev–Trinajstić information content (AvgIpc) is 2.65. The second-order valence-electron chi connectivity index (χ2n) is 6.29. The fraction of sp³-hybridized carbons (Fsp3) is 1.00. The van der Waals surface area contributed by atoms with Gasteiger partial charge in [0.05, 0.1) is 19.3 Å². The largest absolute Gasteiger partial charge is 0.396 e. The average molecular weight is 402 g/mol. The van der Waals surface area contributed by atoms with Crippen molar-refractivity contribution in [3.8, 4) is 0 Å². The zero-order valence-corrected chi connectivity index (χ0v) is 15.4. The van der Waals surface area contributed by atoms with Gasteiger partial charge in [-0.15, -0.1) is 0 Å². The van der Waals surface area contributed by atoms with Crippen molar-refractivity contribution in [3.05, 3.63) is 0 Å². The van der Waals surface area contributed by atoms with Gasteiger partial charge in [-0.2, -0.15) is 12.6 Å². The zero-order chi connectivity index (χ0) is 19.9. The number of thiol groups is 1. The van der Waals surface area contributed by atoms with E-state index < -0.39 is 62.2 Å². The van der Waals surface area contributed by atoms with Crippen LogP contribution in [0.15, 0.2) is 0 Å². The zero-order valence-electron chi connectivity index (χ0n) is 14.5. The molecule has 156 valence electrons. The summed E-state index contributed by atoms with van der Waals surface area (Å²) in [6.07, 6.45) is -10.8. The van der Waals surface area contributed by atoms with Crippen LogP contribution >= 0.6 is 12.6 Å². The van der Waals surface area contributed by atoms with Crippen molar-refractivity contribution >= 4 is 12.6 Å². The molecule has 0 spiro atoms. The van der Waals surface area contributed by atoms with Crippen molar-refractivity contribution in [2.45, 2.75) is 55.4 Å². The molecule has 7 N–H and O–H groups in total. The molecule has 0 aromatic carbocycles. The molecule has 1 rings (SSSR count). The number of aliphatic hydroxyl groups is 7. The minimum absolute atomic E-state index is 0.0714. The molecule has 0 amide bonds. The summed E-state index contributed by atoms with van der Waals surface area (Å²) in [5.41, 5.74) is 0. The third-order valence-electron chi connectivity index (χ3n) is 4.46. The Morgan fingerprint density at radius 3 is 2.15 bits per heavy atom. The molecule has 0 aromatic heterocycles. The number of ether oxygens (including phenoxy) is 3. The highest BCUT2D eigenvalue weighted by Crippen LogP contribution is 2.26. The van der Waals surface area contributed by atoms with Gasteiger partial charge in [0.25, 0.3) is 0 Å². The van der Waals surface area contributed by atoms with E-state index in [0.29, 0.717) is 5.75 Å². The molecule has 0 radical (unpaired) electrons. The van der Waals surface area contributed by atoms with E-state index in [-0.39, 0.29) is 18.9 Å². The van der Waals surface area contributed by atoms with Crippen molar-refractivity contribution in [1.82, 2.24) is 0 Å². The maximum atomic E-state index is 10.5. The Balaban J connectivity index is 2.93. The van der Waals surface area contributed by atoms with Crippen LogP contribution in [0.25, 0.3) is 0 Å². The lowest BCUT2D eigenvalue weighted by Gasteiger charge is -2.42. The molecule has 1 fully saturated rings. The highest BCUT2D eigenvalue weighted by atomic mass is 32.1. The summed E-state index contributed by atoms with van der Waals surface area (Å²) in [4.78, 5) is 0. The predicted octanol–water partition coefficient (Wildman–Crippen LogP) is -3.53. The van der Waals surface area contributed by atoms with E-state index >= 15 is 0 Å². The van der Waals surface area contributed by atoms with Crippen LogP contribution in [0.5, 0.6) is 0 Å². The van der Waals surface area contributed by atoms with Gasteiger partial charge >= 0.3 is 0 Å². The lowest BCUT2D eigenvalue weighted by Crippen LogP contribution is -2.61. The van der Waals surface area contributed by atoms with Gasteiger partial charge < -0.3 is 50.0 Å². The first kappa shape index (κ1) is 24.0. The fourth-order valence-corrected chi connectivity index (χ4v) is 3.02. The molecule has 1 saturated heterocycles. The van der Waals surface area contributed by atoms with Crippen LogP contribution in [-0.2, 0) is 14.2 Å². The number of hydrogen-bond donors (Lipinski definition) is 8. The van der Waals surface area contributed by atoms with Crippen LogP contribution in [0.1, 0.15) is 6.42 Å². The van der Waals surface area contributed by atoms with Crippen molar-refractivity contribution in [1.29, 1.82) is 0 Å². The molecule has 0 saturated carbocycles. The van der Waals surface area contributed by atoms with E-state index in [9.17, 15) is 35.7 Å². The van der Waals surface area contributed by atoms with E-state index in [1.54, 1.807) is 0 Å². The van der Waals surface area contributed by atoms with Crippen LogP contribution in [0.3, 0.4) is 0 Å². The van der Waals surface area contributed by atoms with Crippen LogP contribution in [0.4, 0.5) is 0 Å². The lowest BCUT2D eigenvalue weighted by molar-refractivity contribution is -0.325. The van der Waals surface area contributed by atoms with Crippen molar-refractivity contribution < 1.29 is 50.0 Å². The second kappa shape index (κ2) is 11.7. The van der Waals surface area contributed by atoms with Gasteiger partial charge in [0.1, 0.15) is 36.6 Å². The lowest BCUT2D eigenvalue weighted by atomic mass is 9.96. The molecule has 26 heavy (non-hydrogen) atoms. The maximum Gasteiger partial charge on any atom is 0.187 e. The van der Waals surface area contributed by atoms with Crippen molar-refractivity contribution in [2.24, 2.45) is 5.92 Å². The third-order valence-corrected chi connectivity index (χ3v) is 4.98. The SMILES string of the molecule is COC(CO)C(OC1OC(CO)C(O)C(O)C1O)[C@@H](O)CC(CO)CS. The van der Waals surface area contributed by atoms with Crippen LogP contribution < -0.4 is 0 Å². The third kappa shape index (κ3) is 5.97. The molecular weight excluding hydrogens is 372 g/mol. The standard InChI is InChI=1S/C15H30O10S/c1-23-10(5-18)14(8(19)2-7(3-16)6-26)25-15-13(22)12(21)11(20)9(4-17)24-15/h7-22,26H,2-6H2,1H3/t7?,8-,9?,10?,11?,12?,13?,14?,15?/m0/s1. The maximum absolute atomic E-state index is 10.5. The topological polar surface area (TPSA) is 169 Å². The Kier molecular flexibility index (Phi) is 10.8. The fourth-order valence-electron chi connectivity index (χ4n) is 2.76. The summed E-state index contributed by atoms with van der Waals surface area (Å²) in [5.74, 6) is -0.0395. The molecule has 8 unspecified atom stereocenters. The number of hydrogen-bond acceptors (Lipinski definition) is 11. The summed E-state index contributed by atoms with van der Waals surface area (Å²) in [5, 5.41) is 68.2. The molecule has 1 aliphatic rings. The molecule has 0 bridgehead atoms. The summed E-state index contributed by atoms with van der Waals surface area (Å²) in [7, 11) is 1.29. The molecule has 9 atom stereocenters. The quantitative estimate of drug-likeness (QED) is 0.162. The van der Waals surface area contributed by atoms with E-state index in [4.69, 9.17) is 14.2 Å². The molecule has 1 heterocycles. The predicted molar refractivity (Wildman–Crippen MR) is 91.6 cm³/mol. The van der Waals surface area contributed by atoms with E-state index in [2.05, 4.69) is 12.6 Å². The molecular formula is C15H30O10S. The number of methoxy groups -OCH3 is 1. The monoisotopic (exact) mass is 402 g/mol. The van der Waals surface area contributed by atoms with Gasteiger partial charge in [-0.3, -0.25) is 0 Å². The van der Waals surface area contributed by atoms with Gasteiger partial charge in [-0.05, 0) is 18.1 Å². The van der Waals surface area contributed by atoms with Crippen LogP contribution in [0, 0.1) is 5.92 Å². The van der Waals surface area contributed by atoms with Crippen molar-refractivity contribution in [3.63, 3.8) is 0 Å². The normalized spacial score (nSPS) is 34.3. The first-order valence-electron chi connectivity index (χ1n) is 8.33. The molecule has 1 aliphatic heterocycles. The van der Waals surface area contributed by atoms with E-state index in [0.717, 1.165) is 0 Å². The Morgan fingerprint density at radius 1 is 1.04 bits per heavy atom. The molecule has 10 nitrogen and oxygen atoms in total. The molecule has 11 heteroatoms. The summed E-state index contributed by atoms with van der Waals surface area (Å²) in [6.45, 7) is -1.36. The van der Waals surface area contributed by atoms with E-state index in [1.165, 1.54) is 7.11 Å². The Hall–Kier alpha value is -0.0500. The second-order valence-corrected chi connectivity index (χ2v) is 6.65. The summed E-state index contributed by atoms with van der Waals surface area (Å²) in [6, 6.07) is 0. The Labute approximate surface area is 157 Å². The summed E-state index contributed by atoms with van der Waals surface area (Å²) < 4.78 is 15.9. The van der Waals surface area contributed by atoms with Gasteiger partial charge in [-0.1, -0.05) is 0 Å². The van der Waals surface area contributed by atoms with E-state index in [1.807, 2.05) is 0 Å². The van der Waals surface area contributed by atoms with Crippen LogP contribution in [0.2, 0.25) is 0 Å². The first-order valence-corrected chi connectivity index (χ1v) is 8.97. The Bertz CT molecular complexity index is 379. The first-order chi connectivity index (χ1) is 12.3. The van der Waals surface area contributed by atoms with Gasteiger partial charge in [-0.25, -0.2) is 0 Å². The number of rotatable bonds is 11. The molecule has 0 aliphatic carbocycles. The highest BCUT2D eigenvalue weighted by molar-refractivity contribution is 7.80.